The van der Waals surface area contributed by atoms with Crippen LogP contribution in [0, 0.1) is 0 Å². The van der Waals surface area contributed by atoms with Crippen LogP contribution < -0.4 is 9.47 Å². The zero-order valence-electron chi connectivity index (χ0n) is 13.0. The number of furan rings is 1. The van der Waals surface area contributed by atoms with Crippen LogP contribution in [0.1, 0.15) is 16.9 Å². The molecule has 0 radical (unpaired) electrons. The number of hydrogen-bond donors (Lipinski definition) is 1. The minimum absolute atomic E-state index is 0.395. The maximum Gasteiger partial charge on any atom is 0.180 e. The summed E-state index contributed by atoms with van der Waals surface area (Å²) in [5.74, 6) is 1.53. The van der Waals surface area contributed by atoms with Gasteiger partial charge in [-0.3, -0.25) is 0 Å². The van der Waals surface area contributed by atoms with Crippen LogP contribution in [0.15, 0.2) is 71.3 Å². The summed E-state index contributed by atoms with van der Waals surface area (Å²) >= 11 is 0. The molecule has 0 unspecified atom stereocenters. The monoisotopic (exact) mass is 310 g/mol. The molecule has 3 aromatic rings. The highest BCUT2D eigenvalue weighted by Gasteiger charge is 2.41. The normalized spacial score (nSPS) is 11.3. The van der Waals surface area contributed by atoms with Crippen LogP contribution in [0.2, 0.25) is 0 Å². The molecule has 3 rings (SSSR count). The Morgan fingerprint density at radius 2 is 1.30 bits per heavy atom. The lowest BCUT2D eigenvalue weighted by atomic mass is 9.83. The van der Waals surface area contributed by atoms with Crippen molar-refractivity contribution in [3.63, 3.8) is 0 Å². The molecule has 0 aliphatic heterocycles. The zero-order chi connectivity index (χ0) is 16.3. The van der Waals surface area contributed by atoms with Crippen LogP contribution in [0.4, 0.5) is 0 Å². The van der Waals surface area contributed by atoms with Gasteiger partial charge >= 0.3 is 0 Å². The molecule has 0 saturated carbocycles. The predicted octanol–water partition coefficient (Wildman–Crippen LogP) is 3.58. The molecule has 0 fully saturated rings. The molecule has 23 heavy (non-hydrogen) atoms. The Morgan fingerprint density at radius 1 is 0.783 bits per heavy atom. The van der Waals surface area contributed by atoms with Crippen molar-refractivity contribution in [1.82, 2.24) is 0 Å². The highest BCUT2D eigenvalue weighted by atomic mass is 16.5. The first-order chi connectivity index (χ1) is 11.2. The highest BCUT2D eigenvalue weighted by molar-refractivity contribution is 5.54. The summed E-state index contributed by atoms with van der Waals surface area (Å²) in [6.07, 6.45) is 1.53. The molecular formula is C19H18O4. The fourth-order valence-electron chi connectivity index (χ4n) is 2.78. The van der Waals surface area contributed by atoms with Crippen molar-refractivity contribution in [2.24, 2.45) is 0 Å². The highest BCUT2D eigenvalue weighted by Crippen LogP contribution is 2.44. The quantitative estimate of drug-likeness (QED) is 0.782. The van der Waals surface area contributed by atoms with Gasteiger partial charge in [0, 0.05) is 11.1 Å². The number of para-hydroxylation sites is 2. The van der Waals surface area contributed by atoms with Gasteiger partial charge in [-0.2, -0.15) is 0 Å². The fraction of sp³-hybridized carbons (Fsp3) is 0.158. The summed E-state index contributed by atoms with van der Waals surface area (Å²) in [4.78, 5) is 0. The van der Waals surface area contributed by atoms with E-state index in [0.29, 0.717) is 28.4 Å². The van der Waals surface area contributed by atoms with E-state index in [1.54, 1.807) is 38.5 Å². The van der Waals surface area contributed by atoms with Crippen LogP contribution in [-0.4, -0.2) is 19.3 Å². The van der Waals surface area contributed by atoms with Gasteiger partial charge in [0.15, 0.2) is 5.60 Å². The Balaban J connectivity index is 2.32. The van der Waals surface area contributed by atoms with Crippen molar-refractivity contribution in [3.8, 4) is 11.5 Å². The topological polar surface area (TPSA) is 51.8 Å². The first kappa shape index (κ1) is 15.2. The van der Waals surface area contributed by atoms with Gasteiger partial charge in [0.1, 0.15) is 17.3 Å². The van der Waals surface area contributed by atoms with Gasteiger partial charge in [-0.15, -0.1) is 0 Å². The van der Waals surface area contributed by atoms with Gasteiger partial charge < -0.3 is 19.0 Å². The second kappa shape index (κ2) is 6.18. The molecule has 4 nitrogen and oxygen atoms in total. The number of methoxy groups -OCH3 is 2. The van der Waals surface area contributed by atoms with Gasteiger partial charge in [-0.1, -0.05) is 36.4 Å². The smallest absolute Gasteiger partial charge is 0.180 e. The van der Waals surface area contributed by atoms with Crippen molar-refractivity contribution in [2.75, 3.05) is 14.2 Å². The lowest BCUT2D eigenvalue weighted by Gasteiger charge is -2.29. The Bertz CT molecular complexity index is 730. The van der Waals surface area contributed by atoms with Crippen molar-refractivity contribution >= 4 is 0 Å². The van der Waals surface area contributed by atoms with Crippen LogP contribution >= 0.6 is 0 Å². The summed E-state index contributed by atoms with van der Waals surface area (Å²) < 4.78 is 16.4. The Kier molecular flexibility index (Phi) is 4.08. The van der Waals surface area contributed by atoms with Gasteiger partial charge in [0.2, 0.25) is 0 Å². The van der Waals surface area contributed by atoms with E-state index in [0.717, 1.165) is 0 Å². The molecular weight excluding hydrogens is 292 g/mol. The second-order valence-corrected chi connectivity index (χ2v) is 5.09. The molecule has 1 aromatic heterocycles. The summed E-state index contributed by atoms with van der Waals surface area (Å²) in [6.45, 7) is 0. The third kappa shape index (κ3) is 2.47. The van der Waals surface area contributed by atoms with E-state index < -0.39 is 5.60 Å². The number of rotatable bonds is 5. The van der Waals surface area contributed by atoms with Crippen molar-refractivity contribution in [1.29, 1.82) is 0 Å². The fourth-order valence-corrected chi connectivity index (χ4v) is 2.78. The van der Waals surface area contributed by atoms with E-state index >= 15 is 0 Å². The lowest BCUT2D eigenvalue weighted by Crippen LogP contribution is -2.29. The molecule has 0 atom stereocenters. The van der Waals surface area contributed by atoms with Crippen LogP contribution in [-0.2, 0) is 5.60 Å². The second-order valence-electron chi connectivity index (χ2n) is 5.09. The molecule has 2 aromatic carbocycles. The van der Waals surface area contributed by atoms with Crippen molar-refractivity contribution in [3.05, 3.63) is 83.8 Å². The Labute approximate surface area is 134 Å². The molecule has 0 bridgehead atoms. The number of ether oxygens (including phenoxy) is 2. The van der Waals surface area contributed by atoms with Gasteiger partial charge in [0.05, 0.1) is 20.5 Å². The summed E-state index contributed by atoms with van der Waals surface area (Å²) in [7, 11) is 3.15. The SMILES string of the molecule is COc1ccccc1C(O)(c1ccco1)c1ccccc1OC. The molecule has 0 aliphatic carbocycles. The average Bonchev–Trinajstić information content (AvgIpc) is 3.16. The minimum atomic E-state index is -1.53. The largest absolute Gasteiger partial charge is 0.496 e. The minimum Gasteiger partial charge on any atom is -0.496 e. The molecule has 0 aliphatic rings. The summed E-state index contributed by atoms with van der Waals surface area (Å²) in [5, 5.41) is 11.7. The lowest BCUT2D eigenvalue weighted by molar-refractivity contribution is 0.0930. The van der Waals surface area contributed by atoms with Crippen molar-refractivity contribution in [2.45, 2.75) is 5.60 Å². The first-order valence-corrected chi connectivity index (χ1v) is 7.25. The standard InChI is InChI=1S/C19H18O4/c1-21-16-10-5-3-8-14(16)19(20,18-12-7-13-23-18)15-9-4-6-11-17(15)22-2/h3-13,20H,1-2H3. The molecule has 4 heteroatoms. The van der Waals surface area contributed by atoms with E-state index in [1.165, 1.54) is 6.26 Å². The van der Waals surface area contributed by atoms with Gasteiger partial charge in [-0.05, 0) is 24.3 Å². The maximum atomic E-state index is 11.7. The summed E-state index contributed by atoms with van der Waals surface area (Å²) in [6, 6.07) is 18.1. The maximum absolute atomic E-state index is 11.7. The van der Waals surface area contributed by atoms with Gasteiger partial charge in [0.25, 0.3) is 0 Å². The Morgan fingerprint density at radius 3 is 1.74 bits per heavy atom. The van der Waals surface area contributed by atoms with Crippen LogP contribution in [0.3, 0.4) is 0 Å². The number of benzene rings is 2. The van der Waals surface area contributed by atoms with Gasteiger partial charge in [-0.25, -0.2) is 0 Å². The number of aliphatic hydroxyl groups is 1. The predicted molar refractivity (Wildman–Crippen MR) is 86.8 cm³/mol. The average molecular weight is 310 g/mol. The molecule has 1 heterocycles. The zero-order valence-corrected chi connectivity index (χ0v) is 13.0. The molecule has 1 N–H and O–H groups in total. The number of hydrogen-bond acceptors (Lipinski definition) is 4. The van der Waals surface area contributed by atoms with E-state index in [9.17, 15) is 5.11 Å². The van der Waals surface area contributed by atoms with E-state index in [1.807, 2.05) is 36.4 Å². The summed E-state index contributed by atoms with van der Waals surface area (Å²) in [5.41, 5.74) is -0.355. The van der Waals surface area contributed by atoms with Crippen molar-refractivity contribution < 1.29 is 19.0 Å². The molecule has 118 valence electrons. The van der Waals surface area contributed by atoms with E-state index in [2.05, 4.69) is 0 Å². The van der Waals surface area contributed by atoms with Crippen LogP contribution in [0.25, 0.3) is 0 Å². The van der Waals surface area contributed by atoms with E-state index in [4.69, 9.17) is 13.9 Å². The third-order valence-electron chi connectivity index (χ3n) is 3.87. The molecule has 0 amide bonds. The Hall–Kier alpha value is -2.72. The molecule has 0 saturated heterocycles. The first-order valence-electron chi connectivity index (χ1n) is 7.25. The van der Waals surface area contributed by atoms with Crippen LogP contribution in [0.5, 0.6) is 11.5 Å². The van der Waals surface area contributed by atoms with E-state index in [-0.39, 0.29) is 0 Å². The third-order valence-corrected chi connectivity index (χ3v) is 3.87. The molecule has 0 spiro atoms.